The van der Waals surface area contributed by atoms with Crippen molar-refractivity contribution < 1.29 is 9.53 Å². The van der Waals surface area contributed by atoms with E-state index in [2.05, 4.69) is 36.5 Å². The molecule has 0 fully saturated rings. The predicted molar refractivity (Wildman–Crippen MR) is 110 cm³/mol. The van der Waals surface area contributed by atoms with Crippen LogP contribution in [0.1, 0.15) is 17.3 Å². The van der Waals surface area contributed by atoms with E-state index in [4.69, 9.17) is 10.5 Å². The summed E-state index contributed by atoms with van der Waals surface area (Å²) >= 11 is 3.40. The molecule has 138 valence electrons. The zero-order valence-electron chi connectivity index (χ0n) is 14.6. The van der Waals surface area contributed by atoms with Gasteiger partial charge in [0, 0.05) is 15.8 Å². The van der Waals surface area contributed by atoms with Crippen LogP contribution in [-0.4, -0.2) is 22.5 Å². The number of halogens is 1. The Kier molecular flexibility index (Phi) is 5.87. The molecule has 0 aliphatic rings. The van der Waals surface area contributed by atoms with Crippen molar-refractivity contribution in [2.24, 2.45) is 0 Å². The van der Waals surface area contributed by atoms with E-state index in [9.17, 15) is 4.79 Å². The molecule has 3 rings (SSSR count). The van der Waals surface area contributed by atoms with Crippen LogP contribution in [0.4, 0.5) is 28.7 Å². The van der Waals surface area contributed by atoms with Crippen molar-refractivity contribution in [1.29, 1.82) is 0 Å². The van der Waals surface area contributed by atoms with Crippen LogP contribution in [-0.2, 0) is 4.74 Å². The van der Waals surface area contributed by atoms with Crippen molar-refractivity contribution in [2.75, 3.05) is 23.0 Å². The number of esters is 1. The van der Waals surface area contributed by atoms with E-state index < -0.39 is 0 Å². The van der Waals surface area contributed by atoms with Gasteiger partial charge in [-0.25, -0.2) is 14.8 Å². The first-order valence-electron chi connectivity index (χ1n) is 8.24. The van der Waals surface area contributed by atoms with Gasteiger partial charge in [-0.05, 0) is 49.4 Å². The van der Waals surface area contributed by atoms with Gasteiger partial charge in [0.15, 0.2) is 11.6 Å². The van der Waals surface area contributed by atoms with Gasteiger partial charge >= 0.3 is 5.97 Å². The standard InChI is InChI=1S/C19H18BrN5O2/c1-2-27-19(26)12-4-3-5-15(10-12)25-18-16(21)17(22-11-23-18)24-14-8-6-13(20)7-9-14/h3-11H,2,21H2,1H3,(H2,22,23,24,25). The molecule has 4 N–H and O–H groups in total. The highest BCUT2D eigenvalue weighted by atomic mass is 79.9. The van der Waals surface area contributed by atoms with E-state index in [0.717, 1.165) is 10.2 Å². The third-order valence-corrected chi connectivity index (χ3v) is 4.16. The molecule has 7 nitrogen and oxygen atoms in total. The van der Waals surface area contributed by atoms with Gasteiger partial charge < -0.3 is 21.1 Å². The average molecular weight is 428 g/mol. The second-order valence-electron chi connectivity index (χ2n) is 5.54. The van der Waals surface area contributed by atoms with Crippen LogP contribution in [0.15, 0.2) is 59.3 Å². The second kappa shape index (κ2) is 8.50. The largest absolute Gasteiger partial charge is 0.462 e. The van der Waals surface area contributed by atoms with Gasteiger partial charge in [0.05, 0.1) is 12.2 Å². The lowest BCUT2D eigenvalue weighted by atomic mass is 10.2. The highest BCUT2D eigenvalue weighted by Crippen LogP contribution is 2.28. The number of nitrogens with one attached hydrogen (secondary N) is 2. The fraction of sp³-hybridized carbons (Fsp3) is 0.105. The Bertz CT molecular complexity index is 947. The molecule has 0 aliphatic carbocycles. The van der Waals surface area contributed by atoms with Crippen LogP contribution >= 0.6 is 15.9 Å². The van der Waals surface area contributed by atoms with Crippen molar-refractivity contribution >= 4 is 50.6 Å². The molecule has 2 aromatic carbocycles. The fourth-order valence-electron chi connectivity index (χ4n) is 2.34. The molecule has 0 amide bonds. The summed E-state index contributed by atoms with van der Waals surface area (Å²) in [5.41, 5.74) is 8.53. The Morgan fingerprint density at radius 1 is 1.07 bits per heavy atom. The maximum atomic E-state index is 11.9. The molecule has 0 saturated carbocycles. The van der Waals surface area contributed by atoms with Gasteiger partial charge in [-0.15, -0.1) is 0 Å². The summed E-state index contributed by atoms with van der Waals surface area (Å²) in [4.78, 5) is 20.3. The zero-order chi connectivity index (χ0) is 19.2. The lowest BCUT2D eigenvalue weighted by molar-refractivity contribution is 0.0526. The van der Waals surface area contributed by atoms with Crippen LogP contribution in [0, 0.1) is 0 Å². The van der Waals surface area contributed by atoms with Crippen molar-refractivity contribution in [1.82, 2.24) is 9.97 Å². The van der Waals surface area contributed by atoms with E-state index in [1.165, 1.54) is 6.33 Å². The number of nitrogens with two attached hydrogens (primary N) is 1. The monoisotopic (exact) mass is 427 g/mol. The van der Waals surface area contributed by atoms with Gasteiger partial charge in [0.2, 0.25) is 0 Å². The summed E-state index contributed by atoms with van der Waals surface area (Å²) in [7, 11) is 0. The molecular weight excluding hydrogens is 410 g/mol. The number of rotatable bonds is 6. The first kappa shape index (κ1) is 18.7. The quantitative estimate of drug-likeness (QED) is 0.498. The minimum absolute atomic E-state index is 0.320. The molecule has 0 unspecified atom stereocenters. The number of anilines is 5. The van der Waals surface area contributed by atoms with Gasteiger partial charge in [-0.1, -0.05) is 22.0 Å². The van der Waals surface area contributed by atoms with Crippen LogP contribution in [0.5, 0.6) is 0 Å². The zero-order valence-corrected chi connectivity index (χ0v) is 16.2. The van der Waals surface area contributed by atoms with E-state index >= 15 is 0 Å². The van der Waals surface area contributed by atoms with Crippen molar-refractivity contribution in [3.8, 4) is 0 Å². The lowest BCUT2D eigenvalue weighted by Gasteiger charge is -2.13. The maximum Gasteiger partial charge on any atom is 0.338 e. The molecule has 27 heavy (non-hydrogen) atoms. The molecule has 8 heteroatoms. The SMILES string of the molecule is CCOC(=O)c1cccc(Nc2ncnc(Nc3ccc(Br)cc3)c2N)c1. The number of carbonyl (C=O) groups is 1. The van der Waals surface area contributed by atoms with E-state index in [1.807, 2.05) is 30.3 Å². The number of aromatic nitrogens is 2. The van der Waals surface area contributed by atoms with Gasteiger partial charge in [-0.2, -0.15) is 0 Å². The summed E-state index contributed by atoms with van der Waals surface area (Å²) in [6, 6.07) is 14.6. The van der Waals surface area contributed by atoms with Gasteiger partial charge in [0.1, 0.15) is 12.0 Å². The van der Waals surface area contributed by atoms with Crippen molar-refractivity contribution in [3.63, 3.8) is 0 Å². The van der Waals surface area contributed by atoms with E-state index in [-0.39, 0.29) is 5.97 Å². The number of benzene rings is 2. The Labute approximate surface area is 165 Å². The number of nitrogens with zero attached hydrogens (tertiary/aromatic N) is 2. The molecule has 0 aliphatic heterocycles. The number of hydrogen-bond acceptors (Lipinski definition) is 7. The Morgan fingerprint density at radius 3 is 2.41 bits per heavy atom. The fourth-order valence-corrected chi connectivity index (χ4v) is 2.60. The molecule has 0 radical (unpaired) electrons. The summed E-state index contributed by atoms with van der Waals surface area (Å²) in [6.45, 7) is 2.09. The minimum atomic E-state index is -0.380. The summed E-state index contributed by atoms with van der Waals surface area (Å²) in [5, 5.41) is 6.27. The second-order valence-corrected chi connectivity index (χ2v) is 6.46. The third-order valence-electron chi connectivity index (χ3n) is 3.63. The highest BCUT2D eigenvalue weighted by molar-refractivity contribution is 9.10. The van der Waals surface area contributed by atoms with Crippen LogP contribution in [0.2, 0.25) is 0 Å². The predicted octanol–water partition coefficient (Wildman–Crippen LogP) is 4.49. The molecule has 0 saturated heterocycles. The maximum absolute atomic E-state index is 11.9. The Balaban J connectivity index is 1.81. The first-order valence-corrected chi connectivity index (χ1v) is 9.03. The smallest absolute Gasteiger partial charge is 0.338 e. The van der Waals surface area contributed by atoms with Gasteiger partial charge in [-0.3, -0.25) is 0 Å². The normalized spacial score (nSPS) is 10.3. The molecule has 3 aromatic rings. The Hall–Kier alpha value is -3.13. The topological polar surface area (TPSA) is 102 Å². The summed E-state index contributed by atoms with van der Waals surface area (Å²) in [5.74, 6) is 0.538. The third kappa shape index (κ3) is 4.73. The summed E-state index contributed by atoms with van der Waals surface area (Å²) < 4.78 is 6.00. The summed E-state index contributed by atoms with van der Waals surface area (Å²) in [6.07, 6.45) is 1.41. The molecule has 1 heterocycles. The van der Waals surface area contributed by atoms with Crippen molar-refractivity contribution in [3.05, 3.63) is 64.9 Å². The number of carbonyl (C=O) groups excluding carboxylic acids is 1. The lowest BCUT2D eigenvalue weighted by Crippen LogP contribution is -2.07. The molecule has 0 atom stereocenters. The number of nitrogen functional groups attached to an aromatic ring is 1. The highest BCUT2D eigenvalue weighted by Gasteiger charge is 2.11. The van der Waals surface area contributed by atoms with Crippen LogP contribution in [0.3, 0.4) is 0 Å². The molecular formula is C19H18BrN5O2. The average Bonchev–Trinajstić information content (AvgIpc) is 2.67. The van der Waals surface area contributed by atoms with E-state index in [1.54, 1.807) is 25.1 Å². The minimum Gasteiger partial charge on any atom is -0.462 e. The van der Waals surface area contributed by atoms with Crippen LogP contribution in [0.25, 0.3) is 0 Å². The van der Waals surface area contributed by atoms with Crippen molar-refractivity contribution in [2.45, 2.75) is 6.92 Å². The van der Waals surface area contributed by atoms with E-state index in [0.29, 0.717) is 35.2 Å². The van der Waals surface area contributed by atoms with Crippen LogP contribution < -0.4 is 16.4 Å². The molecule has 0 spiro atoms. The molecule has 0 bridgehead atoms. The Morgan fingerprint density at radius 2 is 1.74 bits per heavy atom. The number of hydrogen-bond donors (Lipinski definition) is 3. The van der Waals surface area contributed by atoms with Gasteiger partial charge in [0.25, 0.3) is 0 Å². The first-order chi connectivity index (χ1) is 13.1. The molecule has 1 aromatic heterocycles. The number of ether oxygens (including phenoxy) is 1.